The van der Waals surface area contributed by atoms with Crippen molar-refractivity contribution in [1.29, 1.82) is 0 Å². The van der Waals surface area contributed by atoms with Gasteiger partial charge in [0.05, 0.1) is 0 Å². The Bertz CT molecular complexity index is 579. The van der Waals surface area contributed by atoms with Crippen molar-refractivity contribution >= 4 is 18.3 Å². The summed E-state index contributed by atoms with van der Waals surface area (Å²) in [6.45, 7) is 9.26. The van der Waals surface area contributed by atoms with Crippen molar-refractivity contribution in [3.05, 3.63) is 35.4 Å². The van der Waals surface area contributed by atoms with Crippen molar-refractivity contribution in [3.8, 4) is 0 Å². The van der Waals surface area contributed by atoms with Crippen molar-refractivity contribution in [2.45, 2.75) is 58.0 Å². The summed E-state index contributed by atoms with van der Waals surface area (Å²) in [6, 6.07) is 8.94. The standard InChI is InChI=1S/C20H30N2O2.ClH/c1-20(2,3)13-21-18-12-17(18)14-5-4-6-15(11-14)19(23)22-16-7-9-24-10-8-16;/h4-6,11,16-18,21H,7-10,12-13H2,1-3H3,(H,22,23);1H. The molecule has 0 aromatic heterocycles. The molecule has 1 saturated heterocycles. The Morgan fingerprint density at radius 1 is 1.24 bits per heavy atom. The van der Waals surface area contributed by atoms with E-state index in [0.717, 1.165) is 38.2 Å². The third kappa shape index (κ3) is 5.98. The van der Waals surface area contributed by atoms with Gasteiger partial charge in [0.25, 0.3) is 5.91 Å². The van der Waals surface area contributed by atoms with Crippen molar-refractivity contribution in [3.63, 3.8) is 0 Å². The van der Waals surface area contributed by atoms with Gasteiger partial charge in [0.1, 0.15) is 0 Å². The topological polar surface area (TPSA) is 50.4 Å². The first kappa shape index (κ1) is 20.2. The van der Waals surface area contributed by atoms with E-state index in [2.05, 4.69) is 43.5 Å². The van der Waals surface area contributed by atoms with Crippen molar-refractivity contribution < 1.29 is 9.53 Å². The summed E-state index contributed by atoms with van der Waals surface area (Å²) in [5.41, 5.74) is 2.36. The van der Waals surface area contributed by atoms with Crippen LogP contribution in [0.5, 0.6) is 0 Å². The van der Waals surface area contributed by atoms with Gasteiger partial charge in [-0.15, -0.1) is 12.4 Å². The van der Waals surface area contributed by atoms with E-state index in [1.807, 2.05) is 12.1 Å². The average molecular weight is 367 g/mol. The molecule has 1 aliphatic carbocycles. The Labute approximate surface area is 157 Å². The maximum Gasteiger partial charge on any atom is 0.251 e. The van der Waals surface area contributed by atoms with E-state index in [4.69, 9.17) is 4.74 Å². The van der Waals surface area contributed by atoms with Gasteiger partial charge in [-0.05, 0) is 42.4 Å². The molecule has 2 fully saturated rings. The van der Waals surface area contributed by atoms with Crippen LogP contribution in [-0.4, -0.2) is 37.7 Å². The maximum atomic E-state index is 12.5. The molecule has 1 heterocycles. The Kier molecular flexibility index (Phi) is 6.89. The summed E-state index contributed by atoms with van der Waals surface area (Å²) in [6.07, 6.45) is 2.99. The van der Waals surface area contributed by atoms with Crippen LogP contribution in [-0.2, 0) is 4.74 Å². The predicted molar refractivity (Wildman–Crippen MR) is 104 cm³/mol. The number of hydrogen-bond acceptors (Lipinski definition) is 3. The first-order valence-corrected chi connectivity index (χ1v) is 9.14. The SMILES string of the molecule is CC(C)(C)CNC1CC1c1cccc(C(=O)NC2CCOCC2)c1.Cl. The number of benzene rings is 1. The number of ether oxygens (including phenoxy) is 1. The fourth-order valence-electron chi connectivity index (χ4n) is 3.25. The molecule has 1 aliphatic heterocycles. The molecule has 0 bridgehead atoms. The minimum Gasteiger partial charge on any atom is -0.381 e. The molecule has 25 heavy (non-hydrogen) atoms. The number of carbonyl (C=O) groups is 1. The van der Waals surface area contributed by atoms with Crippen LogP contribution in [0.15, 0.2) is 24.3 Å². The second-order valence-electron chi connectivity index (χ2n) is 8.38. The van der Waals surface area contributed by atoms with E-state index in [0.29, 0.717) is 17.4 Å². The predicted octanol–water partition coefficient (Wildman–Crippen LogP) is 3.51. The maximum absolute atomic E-state index is 12.5. The summed E-state index contributed by atoms with van der Waals surface area (Å²) in [5, 5.41) is 6.79. The molecule has 140 valence electrons. The number of halogens is 1. The highest BCUT2D eigenvalue weighted by molar-refractivity contribution is 5.94. The first-order valence-electron chi connectivity index (χ1n) is 9.14. The molecule has 4 nitrogen and oxygen atoms in total. The molecule has 3 rings (SSSR count). The smallest absolute Gasteiger partial charge is 0.251 e. The molecule has 1 amide bonds. The van der Waals surface area contributed by atoms with E-state index >= 15 is 0 Å². The van der Waals surface area contributed by atoms with Crippen LogP contribution in [0.25, 0.3) is 0 Å². The van der Waals surface area contributed by atoms with E-state index in [1.165, 1.54) is 12.0 Å². The largest absolute Gasteiger partial charge is 0.381 e. The van der Waals surface area contributed by atoms with Gasteiger partial charge >= 0.3 is 0 Å². The molecule has 1 aromatic carbocycles. The number of hydrogen-bond donors (Lipinski definition) is 2. The molecule has 2 N–H and O–H groups in total. The second-order valence-corrected chi connectivity index (χ2v) is 8.38. The summed E-state index contributed by atoms with van der Waals surface area (Å²) >= 11 is 0. The van der Waals surface area contributed by atoms with E-state index in [9.17, 15) is 4.79 Å². The fourth-order valence-corrected chi connectivity index (χ4v) is 3.25. The van der Waals surface area contributed by atoms with Gasteiger partial charge in [-0.3, -0.25) is 4.79 Å². The molecule has 1 aromatic rings. The third-order valence-corrected chi connectivity index (χ3v) is 4.82. The number of amides is 1. The highest BCUT2D eigenvalue weighted by Crippen LogP contribution is 2.41. The molecule has 5 heteroatoms. The van der Waals surface area contributed by atoms with Crippen LogP contribution < -0.4 is 10.6 Å². The van der Waals surface area contributed by atoms with Crippen LogP contribution in [0.1, 0.15) is 61.9 Å². The summed E-state index contributed by atoms with van der Waals surface area (Å²) in [7, 11) is 0. The zero-order valence-electron chi connectivity index (χ0n) is 15.5. The highest BCUT2D eigenvalue weighted by Gasteiger charge is 2.38. The van der Waals surface area contributed by atoms with Gasteiger partial charge in [0.2, 0.25) is 0 Å². The minimum atomic E-state index is 0. The van der Waals surface area contributed by atoms with Crippen LogP contribution in [0.2, 0.25) is 0 Å². The molecule has 2 aliphatic rings. The monoisotopic (exact) mass is 366 g/mol. The molecular weight excluding hydrogens is 336 g/mol. The van der Waals surface area contributed by atoms with E-state index < -0.39 is 0 Å². The molecule has 0 radical (unpaired) electrons. The van der Waals surface area contributed by atoms with Gasteiger partial charge < -0.3 is 15.4 Å². The molecule has 2 atom stereocenters. The van der Waals surface area contributed by atoms with Crippen molar-refractivity contribution in [2.24, 2.45) is 5.41 Å². The molecule has 1 saturated carbocycles. The second kappa shape index (κ2) is 8.52. The van der Waals surface area contributed by atoms with Crippen LogP contribution in [0.3, 0.4) is 0 Å². The van der Waals surface area contributed by atoms with E-state index in [-0.39, 0.29) is 24.4 Å². The zero-order valence-corrected chi connectivity index (χ0v) is 16.3. The van der Waals surface area contributed by atoms with E-state index in [1.54, 1.807) is 0 Å². The minimum absolute atomic E-state index is 0. The van der Waals surface area contributed by atoms with Crippen LogP contribution >= 0.6 is 12.4 Å². The highest BCUT2D eigenvalue weighted by atomic mass is 35.5. The average Bonchev–Trinajstić information content (AvgIpc) is 3.33. The summed E-state index contributed by atoms with van der Waals surface area (Å²) in [5.74, 6) is 0.590. The Hall–Kier alpha value is -1.10. The molecule has 0 spiro atoms. The van der Waals surface area contributed by atoms with Gasteiger partial charge in [0, 0.05) is 43.3 Å². The van der Waals surface area contributed by atoms with Crippen molar-refractivity contribution in [1.82, 2.24) is 10.6 Å². The molecule has 2 unspecified atom stereocenters. The number of carbonyl (C=O) groups excluding carboxylic acids is 1. The normalized spacial score (nSPS) is 23.6. The van der Waals surface area contributed by atoms with Crippen molar-refractivity contribution in [2.75, 3.05) is 19.8 Å². The third-order valence-electron chi connectivity index (χ3n) is 4.82. The number of nitrogens with one attached hydrogen (secondary N) is 2. The quantitative estimate of drug-likeness (QED) is 0.838. The fraction of sp³-hybridized carbons (Fsp3) is 0.650. The Morgan fingerprint density at radius 3 is 2.64 bits per heavy atom. The lowest BCUT2D eigenvalue weighted by molar-refractivity contribution is 0.0696. The van der Waals surface area contributed by atoms with Crippen LogP contribution in [0.4, 0.5) is 0 Å². The number of rotatable bonds is 5. The van der Waals surface area contributed by atoms with Gasteiger partial charge in [-0.25, -0.2) is 0 Å². The zero-order chi connectivity index (χ0) is 17.2. The summed E-state index contributed by atoms with van der Waals surface area (Å²) < 4.78 is 5.35. The van der Waals surface area contributed by atoms with Gasteiger partial charge in [-0.2, -0.15) is 0 Å². The summed E-state index contributed by atoms with van der Waals surface area (Å²) in [4.78, 5) is 12.5. The lowest BCUT2D eigenvalue weighted by Crippen LogP contribution is -2.38. The van der Waals surface area contributed by atoms with Crippen LogP contribution in [0, 0.1) is 5.41 Å². The molecular formula is C20H31ClN2O2. The van der Waals surface area contributed by atoms with Gasteiger partial charge in [0.15, 0.2) is 0 Å². The lowest BCUT2D eigenvalue weighted by atomic mass is 9.97. The lowest BCUT2D eigenvalue weighted by Gasteiger charge is -2.23. The van der Waals surface area contributed by atoms with Gasteiger partial charge in [-0.1, -0.05) is 32.9 Å². The Balaban J connectivity index is 0.00000225. The Morgan fingerprint density at radius 2 is 1.96 bits per heavy atom. The first-order chi connectivity index (χ1) is 11.4.